The van der Waals surface area contributed by atoms with Crippen LogP contribution in [0.1, 0.15) is 13.8 Å². The van der Waals surface area contributed by atoms with Crippen LogP contribution in [0.2, 0.25) is 0 Å². The molecule has 1 heterocycles. The number of carbonyl (C=O) groups is 2. The first-order valence-electron chi connectivity index (χ1n) is 5.89. The van der Waals surface area contributed by atoms with Gasteiger partial charge in [-0.25, -0.2) is 4.79 Å². The van der Waals surface area contributed by atoms with Crippen LogP contribution in [0.3, 0.4) is 0 Å². The number of aliphatic hydroxyl groups is 2. The summed E-state index contributed by atoms with van der Waals surface area (Å²) in [6.07, 6.45) is 0. The predicted octanol–water partition coefficient (Wildman–Crippen LogP) is -0.970. The zero-order valence-corrected chi connectivity index (χ0v) is 10.8. The van der Waals surface area contributed by atoms with E-state index in [1.807, 2.05) is 0 Å². The van der Waals surface area contributed by atoms with Crippen LogP contribution in [0.5, 0.6) is 0 Å². The molecule has 0 aliphatic carbocycles. The molecule has 1 saturated heterocycles. The molecule has 2 N–H and O–H groups in total. The van der Waals surface area contributed by atoms with Crippen molar-refractivity contribution in [2.24, 2.45) is 0 Å². The molecule has 104 valence electrons. The van der Waals surface area contributed by atoms with Gasteiger partial charge in [0.2, 0.25) is 0 Å². The van der Waals surface area contributed by atoms with E-state index in [0.717, 1.165) is 4.90 Å². The second kappa shape index (κ2) is 6.12. The lowest BCUT2D eigenvalue weighted by Crippen LogP contribution is -2.45. The Morgan fingerprint density at radius 2 is 1.78 bits per heavy atom. The smallest absolute Gasteiger partial charge is 0.327 e. The van der Waals surface area contributed by atoms with Gasteiger partial charge in [-0.15, -0.1) is 0 Å². The fourth-order valence-electron chi connectivity index (χ4n) is 1.91. The number of urea groups is 1. The third-order valence-electron chi connectivity index (χ3n) is 2.92. The third kappa shape index (κ3) is 2.80. The number of imide groups is 1. The quantitative estimate of drug-likeness (QED) is 0.454. The molecule has 1 aliphatic heterocycles. The molecule has 18 heavy (non-hydrogen) atoms. The van der Waals surface area contributed by atoms with Gasteiger partial charge in [-0.2, -0.15) is 0 Å². The minimum atomic E-state index is -0.922. The summed E-state index contributed by atoms with van der Waals surface area (Å²) in [4.78, 5) is 26.5. The van der Waals surface area contributed by atoms with Gasteiger partial charge in [0.15, 0.2) is 0 Å². The highest BCUT2D eigenvalue weighted by molar-refractivity contribution is 6.06. The van der Waals surface area contributed by atoms with Crippen molar-refractivity contribution < 1.29 is 24.5 Å². The normalized spacial score (nSPS) is 18.9. The van der Waals surface area contributed by atoms with Crippen LogP contribution in [0.25, 0.3) is 0 Å². The van der Waals surface area contributed by atoms with E-state index in [9.17, 15) is 9.59 Å². The van der Waals surface area contributed by atoms with E-state index in [1.165, 1.54) is 4.90 Å². The number of nitrogens with zero attached hydrogens (tertiary/aromatic N) is 2. The van der Waals surface area contributed by atoms with Gasteiger partial charge in [-0.3, -0.25) is 9.69 Å². The molecule has 0 unspecified atom stereocenters. The van der Waals surface area contributed by atoms with Gasteiger partial charge >= 0.3 is 6.03 Å². The number of rotatable bonds is 7. The molecule has 7 nitrogen and oxygen atoms in total. The van der Waals surface area contributed by atoms with Crippen LogP contribution in [0, 0.1) is 0 Å². The van der Waals surface area contributed by atoms with Gasteiger partial charge in [0.1, 0.15) is 5.54 Å². The number of β-amino-alcohol motifs (C(OH)–C–C–N with tert-alkyl or cyclic N) is 1. The molecule has 0 bridgehead atoms. The van der Waals surface area contributed by atoms with Crippen molar-refractivity contribution in [2.75, 3.05) is 39.5 Å². The van der Waals surface area contributed by atoms with Crippen molar-refractivity contribution in [3.63, 3.8) is 0 Å². The van der Waals surface area contributed by atoms with E-state index >= 15 is 0 Å². The molecule has 0 spiro atoms. The third-order valence-corrected chi connectivity index (χ3v) is 2.92. The first-order chi connectivity index (χ1) is 8.46. The Morgan fingerprint density at radius 3 is 2.33 bits per heavy atom. The maximum atomic E-state index is 12.0. The molecule has 3 amide bonds. The average Bonchev–Trinajstić information content (AvgIpc) is 2.48. The topological polar surface area (TPSA) is 90.3 Å². The lowest BCUT2D eigenvalue weighted by molar-refractivity contribution is -0.132. The van der Waals surface area contributed by atoms with Crippen LogP contribution in [-0.4, -0.2) is 77.0 Å². The summed E-state index contributed by atoms with van der Waals surface area (Å²) in [5, 5.41) is 17.4. The van der Waals surface area contributed by atoms with Crippen molar-refractivity contribution in [1.29, 1.82) is 0 Å². The number of amides is 3. The Hall–Kier alpha value is -1.18. The highest BCUT2D eigenvalue weighted by Crippen LogP contribution is 2.26. The van der Waals surface area contributed by atoms with Gasteiger partial charge in [0.25, 0.3) is 5.91 Å². The largest absolute Gasteiger partial charge is 0.395 e. The second-order valence-electron chi connectivity index (χ2n) is 4.51. The van der Waals surface area contributed by atoms with E-state index in [0.29, 0.717) is 0 Å². The zero-order chi connectivity index (χ0) is 13.8. The molecule has 0 aromatic carbocycles. The van der Waals surface area contributed by atoms with Gasteiger partial charge in [-0.1, -0.05) is 0 Å². The fourth-order valence-corrected chi connectivity index (χ4v) is 1.91. The molecular weight excluding hydrogens is 240 g/mol. The van der Waals surface area contributed by atoms with Gasteiger partial charge in [-0.05, 0) is 13.8 Å². The van der Waals surface area contributed by atoms with Gasteiger partial charge < -0.3 is 19.8 Å². The summed E-state index contributed by atoms with van der Waals surface area (Å²) >= 11 is 0. The number of hydrogen-bond acceptors (Lipinski definition) is 5. The maximum Gasteiger partial charge on any atom is 0.327 e. The monoisotopic (exact) mass is 260 g/mol. The van der Waals surface area contributed by atoms with Crippen LogP contribution < -0.4 is 0 Å². The molecule has 0 aromatic heterocycles. The Morgan fingerprint density at radius 1 is 1.11 bits per heavy atom. The van der Waals surface area contributed by atoms with Crippen molar-refractivity contribution in [3.8, 4) is 0 Å². The Balaban J connectivity index is 2.66. The molecule has 0 aromatic rings. The number of ether oxygens (including phenoxy) is 1. The first-order valence-corrected chi connectivity index (χ1v) is 5.89. The van der Waals surface area contributed by atoms with E-state index < -0.39 is 11.6 Å². The highest BCUT2D eigenvalue weighted by Gasteiger charge is 2.50. The van der Waals surface area contributed by atoms with Gasteiger partial charge in [0.05, 0.1) is 33.0 Å². The SMILES string of the molecule is CC1(C)C(=O)N(CCO)C(=O)N1CCOCCO. The lowest BCUT2D eigenvalue weighted by atomic mass is 10.0. The molecule has 0 atom stereocenters. The zero-order valence-electron chi connectivity index (χ0n) is 10.8. The van der Waals surface area contributed by atoms with E-state index in [4.69, 9.17) is 14.9 Å². The molecular formula is C11H20N2O5. The Bertz CT molecular complexity index is 319. The van der Waals surface area contributed by atoms with Crippen molar-refractivity contribution >= 4 is 11.9 Å². The van der Waals surface area contributed by atoms with E-state index in [1.54, 1.807) is 13.8 Å². The van der Waals surface area contributed by atoms with Crippen LogP contribution in [0.15, 0.2) is 0 Å². The average molecular weight is 260 g/mol. The molecule has 1 rings (SSSR count). The van der Waals surface area contributed by atoms with E-state index in [2.05, 4.69) is 0 Å². The molecule has 0 radical (unpaired) electrons. The van der Waals surface area contributed by atoms with Crippen LogP contribution in [-0.2, 0) is 9.53 Å². The first kappa shape index (κ1) is 14.9. The standard InChI is InChI=1S/C11H20N2O5/c1-11(2)9(16)12(3-5-14)10(17)13(11)4-7-18-8-6-15/h14-15H,3-8H2,1-2H3. The van der Waals surface area contributed by atoms with Crippen molar-refractivity contribution in [2.45, 2.75) is 19.4 Å². The Labute approximate surface area is 106 Å². The molecule has 1 fully saturated rings. The number of hydrogen-bond donors (Lipinski definition) is 2. The van der Waals surface area contributed by atoms with Crippen LogP contribution in [0.4, 0.5) is 4.79 Å². The summed E-state index contributed by atoms with van der Waals surface area (Å²) in [6.45, 7) is 3.75. The predicted molar refractivity (Wildman–Crippen MR) is 62.9 cm³/mol. The summed E-state index contributed by atoms with van der Waals surface area (Å²) < 4.78 is 5.09. The fraction of sp³-hybridized carbons (Fsp3) is 0.818. The summed E-state index contributed by atoms with van der Waals surface area (Å²) in [6, 6.07) is -0.411. The minimum absolute atomic E-state index is 0.00902. The second-order valence-corrected chi connectivity index (χ2v) is 4.51. The summed E-state index contributed by atoms with van der Waals surface area (Å²) in [5.74, 6) is -0.316. The maximum absolute atomic E-state index is 12.0. The van der Waals surface area contributed by atoms with Crippen LogP contribution >= 0.6 is 0 Å². The molecule has 1 aliphatic rings. The molecule has 7 heteroatoms. The Kier molecular flexibility index (Phi) is 5.06. The highest BCUT2D eigenvalue weighted by atomic mass is 16.5. The van der Waals surface area contributed by atoms with Gasteiger partial charge in [0, 0.05) is 6.54 Å². The number of aliphatic hydroxyl groups excluding tert-OH is 2. The lowest BCUT2D eigenvalue weighted by Gasteiger charge is -2.27. The van der Waals surface area contributed by atoms with E-state index in [-0.39, 0.29) is 45.4 Å². The molecule has 0 saturated carbocycles. The minimum Gasteiger partial charge on any atom is -0.395 e. The summed E-state index contributed by atoms with van der Waals surface area (Å²) in [5.41, 5.74) is -0.922. The number of carbonyl (C=O) groups excluding carboxylic acids is 2. The van der Waals surface area contributed by atoms with Crippen molar-refractivity contribution in [3.05, 3.63) is 0 Å². The summed E-state index contributed by atoms with van der Waals surface area (Å²) in [7, 11) is 0. The van der Waals surface area contributed by atoms with Crippen molar-refractivity contribution in [1.82, 2.24) is 9.80 Å².